The van der Waals surface area contributed by atoms with Crippen molar-refractivity contribution in [3.63, 3.8) is 0 Å². The van der Waals surface area contributed by atoms with Crippen molar-refractivity contribution in [3.05, 3.63) is 22.7 Å². The predicted octanol–water partition coefficient (Wildman–Crippen LogP) is 3.99. The summed E-state index contributed by atoms with van der Waals surface area (Å²) in [5.41, 5.74) is -0.354. The molecular weight excluding hydrogens is 431 g/mol. The Morgan fingerprint density at radius 3 is 2.64 bits per heavy atom. The Hall–Kier alpha value is -2.16. The Labute approximate surface area is 172 Å². The van der Waals surface area contributed by atoms with Crippen LogP contribution in [0.3, 0.4) is 0 Å². The van der Waals surface area contributed by atoms with Crippen molar-refractivity contribution in [2.45, 2.75) is 39.3 Å². The summed E-state index contributed by atoms with van der Waals surface area (Å²) in [6.07, 6.45) is 1.01. The number of aromatic nitrogens is 2. The third-order valence-corrected chi connectivity index (χ3v) is 5.10. The average molecular weight is 455 g/mol. The second-order valence-corrected chi connectivity index (χ2v) is 8.62. The van der Waals surface area contributed by atoms with Crippen molar-refractivity contribution < 1.29 is 18.7 Å². The van der Waals surface area contributed by atoms with E-state index in [0.717, 1.165) is 0 Å². The minimum absolute atomic E-state index is 0.0973. The van der Waals surface area contributed by atoms with Crippen molar-refractivity contribution in [3.8, 4) is 5.75 Å². The first kappa shape index (κ1) is 20.6. The first-order valence-electron chi connectivity index (χ1n) is 9.03. The normalized spacial score (nSPS) is 17.8. The third kappa shape index (κ3) is 3.99. The zero-order valence-electron chi connectivity index (χ0n) is 16.6. The van der Waals surface area contributed by atoms with Gasteiger partial charge in [-0.15, -0.1) is 0 Å². The van der Waals surface area contributed by atoms with Crippen LogP contribution in [0.15, 0.2) is 16.9 Å². The highest BCUT2D eigenvalue weighted by Crippen LogP contribution is 2.37. The van der Waals surface area contributed by atoms with E-state index in [4.69, 9.17) is 9.47 Å². The molecule has 1 aromatic heterocycles. The summed E-state index contributed by atoms with van der Waals surface area (Å²) in [7, 11) is 1.53. The summed E-state index contributed by atoms with van der Waals surface area (Å²) < 4.78 is 25.8. The van der Waals surface area contributed by atoms with Gasteiger partial charge in [0.1, 0.15) is 29.0 Å². The van der Waals surface area contributed by atoms with Crippen LogP contribution in [0.4, 0.5) is 15.0 Å². The summed E-state index contributed by atoms with van der Waals surface area (Å²) in [6.45, 7) is 9.03. The molecule has 0 saturated carbocycles. The van der Waals surface area contributed by atoms with Gasteiger partial charge < -0.3 is 19.3 Å². The van der Waals surface area contributed by atoms with Crippen LogP contribution in [0.1, 0.15) is 27.7 Å². The molecule has 0 spiro atoms. The number of nitrogens with zero attached hydrogens (tertiary/aromatic N) is 4. The summed E-state index contributed by atoms with van der Waals surface area (Å²) in [5.74, 6) is 0.616. The Balaban J connectivity index is 1.91. The van der Waals surface area contributed by atoms with Crippen LogP contribution in [-0.4, -0.2) is 59.3 Å². The molecule has 0 bridgehead atoms. The van der Waals surface area contributed by atoms with Gasteiger partial charge in [-0.1, -0.05) is 0 Å². The Kier molecular flexibility index (Phi) is 5.65. The highest BCUT2D eigenvalue weighted by molar-refractivity contribution is 9.10. The second kappa shape index (κ2) is 7.69. The van der Waals surface area contributed by atoms with E-state index in [0.29, 0.717) is 36.6 Å². The van der Waals surface area contributed by atoms with Crippen LogP contribution in [0, 0.1) is 5.82 Å². The van der Waals surface area contributed by atoms with Crippen LogP contribution in [0.25, 0.3) is 10.9 Å². The lowest BCUT2D eigenvalue weighted by Gasteiger charge is -2.41. The van der Waals surface area contributed by atoms with Gasteiger partial charge in [0, 0.05) is 25.7 Å². The number of rotatable bonds is 2. The molecule has 1 aromatic carbocycles. The number of anilines is 1. The maximum absolute atomic E-state index is 14.6. The van der Waals surface area contributed by atoms with Gasteiger partial charge in [-0.2, -0.15) is 0 Å². The van der Waals surface area contributed by atoms with E-state index in [-0.39, 0.29) is 22.1 Å². The molecule has 1 saturated heterocycles. The molecule has 9 heteroatoms. The number of benzene rings is 1. The standard InChI is InChI=1S/C19H24BrFN4O3/c1-11-9-24(6-7-25(11)18(26)28-19(2,3)4)17-14-13(27-5)8-12(20)15(21)16(14)22-10-23-17/h8,10-11H,6-7,9H2,1-5H3/t11-/m1/s1. The van der Waals surface area contributed by atoms with E-state index in [1.54, 1.807) is 11.0 Å². The zero-order valence-corrected chi connectivity index (χ0v) is 18.2. The van der Waals surface area contributed by atoms with E-state index in [1.807, 2.05) is 32.6 Å². The highest BCUT2D eigenvalue weighted by atomic mass is 79.9. The number of fused-ring (bicyclic) bond motifs is 1. The molecule has 0 radical (unpaired) electrons. The van der Waals surface area contributed by atoms with Crippen LogP contribution < -0.4 is 9.64 Å². The fraction of sp³-hybridized carbons (Fsp3) is 0.526. The number of hydrogen-bond donors (Lipinski definition) is 0. The van der Waals surface area contributed by atoms with Gasteiger partial charge in [-0.25, -0.2) is 19.2 Å². The second-order valence-electron chi connectivity index (χ2n) is 7.76. The van der Waals surface area contributed by atoms with Gasteiger partial charge in [-0.05, 0) is 49.7 Å². The Bertz CT molecular complexity index is 903. The van der Waals surface area contributed by atoms with E-state index in [2.05, 4.69) is 25.9 Å². The molecule has 3 rings (SSSR count). The number of halogens is 2. The topological polar surface area (TPSA) is 67.8 Å². The quantitative estimate of drug-likeness (QED) is 0.683. The van der Waals surface area contributed by atoms with Crippen LogP contribution in [0.5, 0.6) is 5.75 Å². The SMILES string of the molecule is COc1cc(Br)c(F)c2ncnc(N3CCN(C(=O)OC(C)(C)C)[C@H](C)C3)c12. The summed E-state index contributed by atoms with van der Waals surface area (Å²) >= 11 is 3.20. The van der Waals surface area contributed by atoms with Crippen LogP contribution in [-0.2, 0) is 4.74 Å². The maximum atomic E-state index is 14.6. The molecule has 1 atom stereocenters. The van der Waals surface area contributed by atoms with Crippen molar-refractivity contribution in [2.24, 2.45) is 0 Å². The first-order chi connectivity index (χ1) is 13.1. The molecular formula is C19H24BrFN4O3. The summed E-state index contributed by atoms with van der Waals surface area (Å²) in [6, 6.07) is 1.48. The number of methoxy groups -OCH3 is 1. The predicted molar refractivity (Wildman–Crippen MR) is 108 cm³/mol. The van der Waals surface area contributed by atoms with Crippen LogP contribution in [0.2, 0.25) is 0 Å². The van der Waals surface area contributed by atoms with Crippen molar-refractivity contribution >= 4 is 38.7 Å². The number of piperazine rings is 1. The number of ether oxygens (including phenoxy) is 2. The Morgan fingerprint density at radius 1 is 1.32 bits per heavy atom. The molecule has 2 heterocycles. The first-order valence-corrected chi connectivity index (χ1v) is 9.83. The molecule has 0 aliphatic carbocycles. The lowest BCUT2D eigenvalue weighted by molar-refractivity contribution is 0.0159. The molecule has 28 heavy (non-hydrogen) atoms. The minimum atomic E-state index is -0.547. The third-order valence-electron chi connectivity index (χ3n) is 4.52. The molecule has 0 unspecified atom stereocenters. The molecule has 2 aromatic rings. The minimum Gasteiger partial charge on any atom is -0.496 e. The number of amides is 1. The van der Waals surface area contributed by atoms with Crippen molar-refractivity contribution in [2.75, 3.05) is 31.6 Å². The lowest BCUT2D eigenvalue weighted by Crippen LogP contribution is -2.55. The number of hydrogen-bond acceptors (Lipinski definition) is 6. The molecule has 152 valence electrons. The van der Waals surface area contributed by atoms with E-state index >= 15 is 0 Å². The number of carbonyl (C=O) groups excluding carboxylic acids is 1. The van der Waals surface area contributed by atoms with E-state index in [1.165, 1.54) is 13.4 Å². The molecule has 1 fully saturated rings. The average Bonchev–Trinajstić information content (AvgIpc) is 2.62. The largest absolute Gasteiger partial charge is 0.496 e. The maximum Gasteiger partial charge on any atom is 0.410 e. The summed E-state index contributed by atoms with van der Waals surface area (Å²) in [4.78, 5) is 24.7. The zero-order chi connectivity index (χ0) is 20.6. The Morgan fingerprint density at radius 2 is 2.04 bits per heavy atom. The fourth-order valence-corrected chi connectivity index (χ4v) is 3.67. The highest BCUT2D eigenvalue weighted by Gasteiger charge is 2.32. The lowest BCUT2D eigenvalue weighted by atomic mass is 10.1. The smallest absolute Gasteiger partial charge is 0.410 e. The molecule has 1 amide bonds. The van der Waals surface area contributed by atoms with Crippen LogP contribution >= 0.6 is 15.9 Å². The molecule has 1 aliphatic rings. The summed E-state index contributed by atoms with van der Waals surface area (Å²) in [5, 5.41) is 0.517. The molecule has 0 N–H and O–H groups in total. The van der Waals surface area contributed by atoms with Gasteiger partial charge in [0.15, 0.2) is 5.82 Å². The van der Waals surface area contributed by atoms with Gasteiger partial charge in [-0.3, -0.25) is 0 Å². The fourth-order valence-electron chi connectivity index (χ4n) is 3.28. The van der Waals surface area contributed by atoms with Gasteiger partial charge in [0.25, 0.3) is 0 Å². The van der Waals surface area contributed by atoms with Gasteiger partial charge in [0.05, 0.1) is 17.0 Å². The van der Waals surface area contributed by atoms with E-state index < -0.39 is 11.4 Å². The number of carbonyl (C=O) groups is 1. The van der Waals surface area contributed by atoms with Crippen molar-refractivity contribution in [1.29, 1.82) is 0 Å². The van der Waals surface area contributed by atoms with Crippen molar-refractivity contribution in [1.82, 2.24) is 14.9 Å². The van der Waals surface area contributed by atoms with Gasteiger partial charge in [0.2, 0.25) is 0 Å². The van der Waals surface area contributed by atoms with E-state index in [9.17, 15) is 9.18 Å². The molecule has 7 nitrogen and oxygen atoms in total. The molecule has 1 aliphatic heterocycles. The van der Waals surface area contributed by atoms with Gasteiger partial charge >= 0.3 is 6.09 Å². The monoisotopic (exact) mass is 454 g/mol.